The van der Waals surface area contributed by atoms with Crippen molar-refractivity contribution in [3.8, 4) is 11.8 Å². The predicted octanol–water partition coefficient (Wildman–Crippen LogP) is 1.44. The summed E-state index contributed by atoms with van der Waals surface area (Å²) in [6.07, 6.45) is 0.222. The number of amides is 2. The molecule has 0 heterocycles. The number of nitriles is 1. The van der Waals surface area contributed by atoms with Gasteiger partial charge in [-0.05, 0) is 12.1 Å². The number of ether oxygens (including phenoxy) is 1. The summed E-state index contributed by atoms with van der Waals surface area (Å²) in [6.45, 7) is 0.311. The molecule has 0 bridgehead atoms. The second-order valence-corrected chi connectivity index (χ2v) is 3.75. The molecule has 0 aromatic heterocycles. The highest BCUT2D eigenvalue weighted by Crippen LogP contribution is 2.23. The monoisotopic (exact) mass is 263 g/mol. The van der Waals surface area contributed by atoms with Crippen LogP contribution in [0.25, 0.3) is 0 Å². The van der Waals surface area contributed by atoms with Crippen LogP contribution in [0, 0.1) is 11.3 Å². The molecule has 1 aromatic carbocycles. The van der Waals surface area contributed by atoms with E-state index in [9.17, 15) is 4.79 Å². The molecule has 0 unspecified atom stereocenters. The number of rotatable bonds is 6. The number of carbonyl (C=O) groups is 1. The highest BCUT2D eigenvalue weighted by Gasteiger charge is 2.14. The molecule has 0 aliphatic rings. The van der Waals surface area contributed by atoms with E-state index in [2.05, 4.69) is 5.32 Å². The summed E-state index contributed by atoms with van der Waals surface area (Å²) in [4.78, 5) is 13.4. The molecular weight excluding hydrogens is 246 g/mol. The molecule has 0 aliphatic carbocycles. The van der Waals surface area contributed by atoms with E-state index < -0.39 is 0 Å². The molecule has 6 heteroatoms. The van der Waals surface area contributed by atoms with Crippen LogP contribution in [0.3, 0.4) is 0 Å². The third kappa shape index (κ3) is 4.48. The Morgan fingerprint density at radius 1 is 1.47 bits per heavy atom. The number of nitrogens with zero attached hydrogens (tertiary/aromatic N) is 2. The number of methoxy groups -OCH3 is 1. The maximum Gasteiger partial charge on any atom is 0.322 e. The molecule has 0 radical (unpaired) electrons. The number of nitrogens with one attached hydrogen (secondary N) is 1. The van der Waals surface area contributed by atoms with Gasteiger partial charge in [-0.2, -0.15) is 5.26 Å². The van der Waals surface area contributed by atoms with Crippen LogP contribution in [0.1, 0.15) is 6.42 Å². The zero-order chi connectivity index (χ0) is 14.1. The number of carbonyl (C=O) groups excluding carboxylic acids is 1. The van der Waals surface area contributed by atoms with Crippen LogP contribution in [-0.4, -0.2) is 42.8 Å². The van der Waals surface area contributed by atoms with Crippen molar-refractivity contribution in [2.45, 2.75) is 6.42 Å². The molecule has 19 heavy (non-hydrogen) atoms. The predicted molar refractivity (Wildman–Crippen MR) is 70.9 cm³/mol. The van der Waals surface area contributed by atoms with E-state index in [1.807, 2.05) is 6.07 Å². The zero-order valence-corrected chi connectivity index (χ0v) is 10.8. The minimum absolute atomic E-state index is 0.148. The summed E-state index contributed by atoms with van der Waals surface area (Å²) < 4.78 is 5.13. The van der Waals surface area contributed by atoms with Crippen molar-refractivity contribution in [2.75, 3.05) is 32.1 Å². The third-order valence-electron chi connectivity index (χ3n) is 2.50. The summed E-state index contributed by atoms with van der Waals surface area (Å²) in [7, 11) is 1.52. The van der Waals surface area contributed by atoms with Gasteiger partial charge < -0.3 is 20.1 Å². The van der Waals surface area contributed by atoms with E-state index in [4.69, 9.17) is 15.1 Å². The van der Waals surface area contributed by atoms with E-state index >= 15 is 0 Å². The van der Waals surface area contributed by atoms with Crippen LogP contribution < -0.4 is 10.1 Å². The Morgan fingerprint density at radius 2 is 2.21 bits per heavy atom. The Bertz CT molecular complexity index is 457. The van der Waals surface area contributed by atoms with Gasteiger partial charge in [0.15, 0.2) is 0 Å². The molecular formula is C13H17N3O3. The van der Waals surface area contributed by atoms with Gasteiger partial charge in [0.1, 0.15) is 5.75 Å². The summed E-state index contributed by atoms with van der Waals surface area (Å²) in [5.41, 5.74) is 0.551. The Hall–Kier alpha value is -2.26. The summed E-state index contributed by atoms with van der Waals surface area (Å²) >= 11 is 0. The first-order chi connectivity index (χ1) is 9.22. The van der Waals surface area contributed by atoms with Gasteiger partial charge in [0.2, 0.25) is 0 Å². The molecule has 0 aliphatic heterocycles. The molecule has 1 aromatic rings. The van der Waals surface area contributed by atoms with Crippen molar-refractivity contribution >= 4 is 11.7 Å². The van der Waals surface area contributed by atoms with Gasteiger partial charge in [0.25, 0.3) is 0 Å². The molecule has 0 atom stereocenters. The molecule has 0 fully saturated rings. The number of aliphatic hydroxyl groups excluding tert-OH is 1. The van der Waals surface area contributed by atoms with Crippen LogP contribution in [0.15, 0.2) is 24.3 Å². The lowest BCUT2D eigenvalue weighted by Gasteiger charge is -2.21. The highest BCUT2D eigenvalue weighted by atomic mass is 16.5. The zero-order valence-electron chi connectivity index (χ0n) is 10.8. The average molecular weight is 263 g/mol. The SMILES string of the molecule is COc1ccccc1NC(=O)N(CCO)CCC#N. The summed E-state index contributed by atoms with van der Waals surface area (Å²) in [6, 6.07) is 8.64. The maximum absolute atomic E-state index is 12.0. The molecule has 0 saturated carbocycles. The van der Waals surface area contributed by atoms with E-state index in [1.54, 1.807) is 24.3 Å². The van der Waals surface area contributed by atoms with Crippen LogP contribution in [0.5, 0.6) is 5.75 Å². The van der Waals surface area contributed by atoms with Gasteiger partial charge in [-0.1, -0.05) is 12.1 Å². The first-order valence-corrected chi connectivity index (χ1v) is 5.89. The molecule has 0 saturated heterocycles. The normalized spacial score (nSPS) is 9.53. The molecule has 6 nitrogen and oxygen atoms in total. The van der Waals surface area contributed by atoms with Gasteiger partial charge in [-0.25, -0.2) is 4.79 Å². The molecule has 1 rings (SSSR count). The fraction of sp³-hybridized carbons (Fsp3) is 0.385. The van der Waals surface area contributed by atoms with Crippen molar-refractivity contribution in [3.63, 3.8) is 0 Å². The third-order valence-corrected chi connectivity index (χ3v) is 2.50. The van der Waals surface area contributed by atoms with Crippen LogP contribution >= 0.6 is 0 Å². The maximum atomic E-state index is 12.0. The van der Waals surface area contributed by atoms with Gasteiger partial charge in [-0.3, -0.25) is 0 Å². The average Bonchev–Trinajstić information content (AvgIpc) is 2.44. The largest absolute Gasteiger partial charge is 0.495 e. The number of hydrogen-bond donors (Lipinski definition) is 2. The molecule has 102 valence electrons. The van der Waals surface area contributed by atoms with Crippen molar-refractivity contribution < 1.29 is 14.6 Å². The lowest BCUT2D eigenvalue weighted by molar-refractivity contribution is 0.190. The standard InChI is InChI=1S/C13H17N3O3/c1-19-12-6-3-2-5-11(12)15-13(18)16(9-10-17)8-4-7-14/h2-3,5-6,17H,4,8-10H2,1H3,(H,15,18). The van der Waals surface area contributed by atoms with Crippen LogP contribution in [-0.2, 0) is 0 Å². The summed E-state index contributed by atoms with van der Waals surface area (Å²) in [5, 5.41) is 20.2. The first-order valence-electron chi connectivity index (χ1n) is 5.89. The number of benzene rings is 1. The van der Waals surface area contributed by atoms with E-state index in [0.29, 0.717) is 11.4 Å². The minimum Gasteiger partial charge on any atom is -0.495 e. The number of anilines is 1. The van der Waals surface area contributed by atoms with E-state index in [-0.39, 0.29) is 32.1 Å². The van der Waals surface area contributed by atoms with Gasteiger partial charge in [0, 0.05) is 13.1 Å². The van der Waals surface area contributed by atoms with Crippen molar-refractivity contribution in [3.05, 3.63) is 24.3 Å². The van der Waals surface area contributed by atoms with E-state index in [0.717, 1.165) is 0 Å². The summed E-state index contributed by atoms with van der Waals surface area (Å²) in [5.74, 6) is 0.556. The molecule has 2 N–H and O–H groups in total. The van der Waals surface area contributed by atoms with Crippen molar-refractivity contribution in [1.29, 1.82) is 5.26 Å². The lowest BCUT2D eigenvalue weighted by atomic mass is 10.3. The van der Waals surface area contributed by atoms with Gasteiger partial charge in [-0.15, -0.1) is 0 Å². The van der Waals surface area contributed by atoms with E-state index in [1.165, 1.54) is 12.0 Å². The fourth-order valence-corrected chi connectivity index (χ4v) is 1.56. The van der Waals surface area contributed by atoms with Crippen LogP contribution in [0.4, 0.5) is 10.5 Å². The molecule has 0 spiro atoms. The Labute approximate surface area is 112 Å². The van der Waals surface area contributed by atoms with Gasteiger partial charge >= 0.3 is 6.03 Å². The number of aliphatic hydroxyl groups is 1. The topological polar surface area (TPSA) is 85.6 Å². The fourth-order valence-electron chi connectivity index (χ4n) is 1.56. The Kier molecular flexibility index (Phi) is 6.19. The van der Waals surface area contributed by atoms with Gasteiger partial charge in [0.05, 0.1) is 31.9 Å². The Morgan fingerprint density at radius 3 is 2.84 bits per heavy atom. The molecule has 2 amide bonds. The van der Waals surface area contributed by atoms with Crippen LogP contribution in [0.2, 0.25) is 0 Å². The minimum atomic E-state index is -0.367. The van der Waals surface area contributed by atoms with Crippen molar-refractivity contribution in [2.24, 2.45) is 0 Å². The highest BCUT2D eigenvalue weighted by molar-refractivity contribution is 5.91. The second kappa shape index (κ2) is 7.95. The number of hydrogen-bond acceptors (Lipinski definition) is 4. The first kappa shape index (κ1) is 14.8. The Balaban J connectivity index is 2.72. The lowest BCUT2D eigenvalue weighted by Crippen LogP contribution is -2.37. The smallest absolute Gasteiger partial charge is 0.322 e. The number of para-hydroxylation sites is 2. The van der Waals surface area contributed by atoms with Crippen molar-refractivity contribution in [1.82, 2.24) is 4.90 Å². The quantitative estimate of drug-likeness (QED) is 0.813. The second-order valence-electron chi connectivity index (χ2n) is 3.75. The number of urea groups is 1.